The van der Waals surface area contributed by atoms with Crippen LogP contribution in [0.15, 0.2) is 121 Å². The van der Waals surface area contributed by atoms with Gasteiger partial charge in [0, 0.05) is 12.8 Å². The predicted molar refractivity (Wildman–Crippen MR) is 203 cm³/mol. The second-order valence-electron chi connectivity index (χ2n) is 13.9. The first-order valence-corrected chi connectivity index (χ1v) is 18.3. The Bertz CT molecular complexity index is 2190. The van der Waals surface area contributed by atoms with Crippen LogP contribution in [0.25, 0.3) is 21.5 Å². The van der Waals surface area contributed by atoms with Gasteiger partial charge in [-0.2, -0.15) is 0 Å². The van der Waals surface area contributed by atoms with Crippen molar-refractivity contribution >= 4 is 45.3 Å². The number of rotatable bonds is 8. The van der Waals surface area contributed by atoms with Crippen molar-refractivity contribution < 1.29 is 47.6 Å². The number of aliphatic hydroxyl groups excluding tert-OH is 1. The lowest BCUT2D eigenvalue weighted by atomic mass is 9.91. The van der Waals surface area contributed by atoms with Gasteiger partial charge in [-0.25, -0.2) is 9.18 Å². The van der Waals surface area contributed by atoms with Crippen LogP contribution in [-0.2, 0) is 46.1 Å². The van der Waals surface area contributed by atoms with Crippen LogP contribution in [0.1, 0.15) is 24.0 Å². The summed E-state index contributed by atoms with van der Waals surface area (Å²) in [6.07, 6.45) is -2.88. The lowest BCUT2D eigenvalue weighted by Crippen LogP contribution is -2.63. The molecule has 0 saturated carbocycles. The van der Waals surface area contributed by atoms with Gasteiger partial charge in [-0.15, -0.1) is 0 Å². The van der Waals surface area contributed by atoms with E-state index in [2.05, 4.69) is 5.32 Å². The monoisotopic (exact) mass is 747 g/mol. The third-order valence-electron chi connectivity index (χ3n) is 10.1. The molecule has 2 heterocycles. The molecule has 55 heavy (non-hydrogen) atoms. The number of carbonyl (C=O) groups excluding carboxylic acids is 3. The molecule has 1 fully saturated rings. The highest BCUT2D eigenvalue weighted by molar-refractivity contribution is 5.85. The molecule has 5 aromatic carbocycles. The van der Waals surface area contributed by atoms with E-state index < -0.39 is 73.0 Å². The Morgan fingerprint density at radius 2 is 1.31 bits per heavy atom. The van der Waals surface area contributed by atoms with Gasteiger partial charge in [-0.1, -0.05) is 103 Å². The molecule has 0 unspecified atom stereocenters. The second kappa shape index (κ2) is 17.2. The van der Waals surface area contributed by atoms with Gasteiger partial charge in [0.05, 0.1) is 18.4 Å². The number of methoxy groups -OCH3 is 1. The lowest BCUT2D eigenvalue weighted by Gasteiger charge is -2.44. The number of amides is 1. The largest absolute Gasteiger partial charge is 0.454 e. The smallest absolute Gasteiger partial charge is 0.412 e. The molecule has 2 N–H and O–H groups in total. The molecular weight excluding hydrogens is 705 g/mol. The Hall–Kier alpha value is -5.62. The molecule has 0 aliphatic carbocycles. The number of hydrogen-bond acceptors (Lipinski definition) is 9. The first kappa shape index (κ1) is 37.7. The number of esters is 2. The van der Waals surface area contributed by atoms with E-state index in [1.165, 1.54) is 25.3 Å². The Morgan fingerprint density at radius 3 is 1.85 bits per heavy atom. The summed E-state index contributed by atoms with van der Waals surface area (Å²) in [6, 6.07) is 33.1. The van der Waals surface area contributed by atoms with Gasteiger partial charge in [0.1, 0.15) is 11.9 Å². The summed E-state index contributed by atoms with van der Waals surface area (Å²) in [5.74, 6) is -3.17. The van der Waals surface area contributed by atoms with Gasteiger partial charge in [0.25, 0.3) is 0 Å². The maximum absolute atomic E-state index is 14.3. The van der Waals surface area contributed by atoms with Crippen LogP contribution in [0, 0.1) is 17.7 Å². The molecule has 0 aromatic heterocycles. The maximum Gasteiger partial charge on any atom is 0.412 e. The van der Waals surface area contributed by atoms with Crippen molar-refractivity contribution in [3.8, 4) is 0 Å². The highest BCUT2D eigenvalue weighted by Gasteiger charge is 2.53. The number of carbonyl (C=O) groups is 3. The zero-order chi connectivity index (χ0) is 38.3. The molecule has 2 aliphatic rings. The summed E-state index contributed by atoms with van der Waals surface area (Å²) in [5.41, 5.74) is 1.95. The fourth-order valence-electron chi connectivity index (χ4n) is 7.26. The van der Waals surface area contributed by atoms with Crippen LogP contribution in [-0.4, -0.2) is 67.6 Å². The van der Waals surface area contributed by atoms with Crippen LogP contribution in [0.3, 0.4) is 0 Å². The third kappa shape index (κ3) is 9.03. The number of ether oxygens (including phenoxy) is 5. The first-order chi connectivity index (χ1) is 26.8. The summed E-state index contributed by atoms with van der Waals surface area (Å²) >= 11 is 0. The fourth-order valence-corrected chi connectivity index (χ4v) is 7.26. The molecule has 1 amide bonds. The average molecular weight is 748 g/mol. The zero-order valence-corrected chi connectivity index (χ0v) is 30.2. The average Bonchev–Trinajstić information content (AvgIpc) is 3.19. The first-order valence-electron chi connectivity index (χ1n) is 18.3. The molecule has 2 aliphatic heterocycles. The highest BCUT2D eigenvalue weighted by atomic mass is 19.1. The van der Waals surface area contributed by atoms with Crippen molar-refractivity contribution in [1.29, 1.82) is 0 Å². The number of hydrogen-bond donors (Lipinski definition) is 2. The molecule has 0 spiro atoms. The van der Waals surface area contributed by atoms with Gasteiger partial charge in [-0.3, -0.25) is 14.9 Å². The molecule has 11 heteroatoms. The van der Waals surface area contributed by atoms with Gasteiger partial charge in [0.15, 0.2) is 24.6 Å². The van der Waals surface area contributed by atoms with Crippen molar-refractivity contribution in [3.05, 3.63) is 138 Å². The Labute approximate surface area is 317 Å². The maximum atomic E-state index is 14.3. The number of allylic oxidation sites excluding steroid dienone is 2. The molecule has 7 atom stereocenters. The van der Waals surface area contributed by atoms with Crippen LogP contribution >= 0.6 is 0 Å². The molecule has 10 nitrogen and oxygen atoms in total. The third-order valence-corrected chi connectivity index (χ3v) is 10.1. The predicted octanol–water partition coefficient (Wildman–Crippen LogP) is 7.30. The molecule has 7 rings (SSSR count). The van der Waals surface area contributed by atoms with Crippen molar-refractivity contribution in [1.82, 2.24) is 0 Å². The number of aliphatic hydroxyl groups is 1. The fraction of sp³-hybridized carbons (Fsp3) is 0.295. The summed E-state index contributed by atoms with van der Waals surface area (Å²) in [6.45, 7) is -0.666. The highest BCUT2D eigenvalue weighted by Crippen LogP contribution is 2.33. The lowest BCUT2D eigenvalue weighted by molar-refractivity contribution is -0.300. The van der Waals surface area contributed by atoms with Gasteiger partial charge in [-0.05, 0) is 76.6 Å². The van der Waals surface area contributed by atoms with Gasteiger partial charge >= 0.3 is 18.0 Å². The Morgan fingerprint density at radius 1 is 0.745 bits per heavy atom. The van der Waals surface area contributed by atoms with Crippen LogP contribution < -0.4 is 5.32 Å². The summed E-state index contributed by atoms with van der Waals surface area (Å²) in [7, 11) is 1.33. The van der Waals surface area contributed by atoms with E-state index in [0.717, 1.165) is 38.7 Å². The molecule has 0 radical (unpaired) electrons. The second-order valence-corrected chi connectivity index (χ2v) is 13.9. The minimum Gasteiger partial charge on any atom is -0.454 e. The van der Waals surface area contributed by atoms with Crippen molar-refractivity contribution in [2.75, 3.05) is 19.0 Å². The van der Waals surface area contributed by atoms with Crippen molar-refractivity contribution in [2.45, 2.75) is 56.4 Å². The van der Waals surface area contributed by atoms with Crippen LogP contribution in [0.2, 0.25) is 0 Å². The van der Waals surface area contributed by atoms with E-state index in [-0.39, 0.29) is 5.69 Å². The molecule has 1 saturated heterocycles. The molecule has 0 bridgehead atoms. The SMILES string of the molecule is CO[C@H]1O[C@H](CO)[C@@H](OC(=O)Nc2cccc(F)c2)[C@@H]2OC(=O)[C@@H](Cc3ccc4ccccc4c3)C/C=C/C[C@H](Cc3ccc4ccccc4c3)C(=O)O[C@@H]12. The number of benzene rings is 5. The molecule has 5 aromatic rings. The van der Waals surface area contributed by atoms with Crippen LogP contribution in [0.5, 0.6) is 0 Å². The Kier molecular flexibility index (Phi) is 11.8. The minimum atomic E-state index is -1.47. The summed E-state index contributed by atoms with van der Waals surface area (Å²) < 4.78 is 43.7. The number of halogens is 1. The van der Waals surface area contributed by atoms with Crippen molar-refractivity contribution in [2.24, 2.45) is 11.8 Å². The van der Waals surface area contributed by atoms with E-state index in [1.54, 1.807) is 0 Å². The Balaban J connectivity index is 1.23. The van der Waals surface area contributed by atoms with Crippen molar-refractivity contribution in [3.63, 3.8) is 0 Å². The van der Waals surface area contributed by atoms with E-state index >= 15 is 0 Å². The molecular formula is C44H42FNO9. The molecule has 284 valence electrons. The van der Waals surface area contributed by atoms with E-state index in [0.29, 0.717) is 25.7 Å². The number of anilines is 1. The summed E-state index contributed by atoms with van der Waals surface area (Å²) in [4.78, 5) is 41.7. The standard InChI is InChI=1S/C44H42FNO9/c1-51-43-40-39(38(37(26-47)52-43)55-44(50)46-36-16-8-15-35(45)25-36)53-41(48)33(23-27-17-19-29-9-2-4-11-31(29)21-27)13-6-7-14-34(42(49)54-40)24-28-18-20-30-10-3-5-12-32(30)22-28/h2-12,15-22,25,33-34,37-40,43,47H,13-14,23-24,26H2,1H3,(H,46,50)/b7-6+/t33-,34-,37-,38-,39+,40-,43+/m1/s1. The topological polar surface area (TPSA) is 130 Å². The van der Waals surface area contributed by atoms with Gasteiger partial charge < -0.3 is 28.8 Å². The normalized spacial score (nSPS) is 25.1. The van der Waals surface area contributed by atoms with E-state index in [4.69, 9.17) is 23.7 Å². The number of fused-ring (bicyclic) bond motifs is 3. The summed E-state index contributed by atoms with van der Waals surface area (Å²) in [5, 5.41) is 17.1. The van der Waals surface area contributed by atoms with E-state index in [9.17, 15) is 23.9 Å². The van der Waals surface area contributed by atoms with Crippen LogP contribution in [0.4, 0.5) is 14.9 Å². The quantitative estimate of drug-likeness (QED) is 0.0954. The minimum absolute atomic E-state index is 0.106. The zero-order valence-electron chi connectivity index (χ0n) is 30.2. The van der Waals surface area contributed by atoms with E-state index in [1.807, 2.05) is 97.1 Å². The number of nitrogens with one attached hydrogen (secondary N) is 1. The van der Waals surface area contributed by atoms with Gasteiger partial charge in [0.2, 0.25) is 0 Å².